The molecular formula is C7H9Cl2N3. The summed E-state index contributed by atoms with van der Waals surface area (Å²) in [4.78, 5) is 6.54. The molecule has 0 aliphatic heterocycles. The van der Waals surface area contributed by atoms with Crippen LogP contribution in [0.5, 0.6) is 0 Å². The van der Waals surface area contributed by atoms with Crippen LogP contribution in [0, 0.1) is 6.92 Å². The van der Waals surface area contributed by atoms with Crippen LogP contribution in [0.3, 0.4) is 0 Å². The molecule has 0 radical (unpaired) electrons. The standard InChI is InChI=1S/C7H9Cl2N3/c1-4-5(3-11-9)2-6(8)7(10)12-4/h2,11H,3H2,1H3,(H2,10,12). The first-order valence-corrected chi connectivity index (χ1v) is 4.15. The normalized spacial score (nSPS) is 10.2. The molecular weight excluding hydrogens is 197 g/mol. The summed E-state index contributed by atoms with van der Waals surface area (Å²) in [5.41, 5.74) is 7.28. The quantitative estimate of drug-likeness (QED) is 0.726. The van der Waals surface area contributed by atoms with Crippen LogP contribution >= 0.6 is 23.4 Å². The summed E-state index contributed by atoms with van der Waals surface area (Å²) in [6, 6.07) is 1.76. The van der Waals surface area contributed by atoms with Gasteiger partial charge in [0.2, 0.25) is 0 Å². The average Bonchev–Trinajstić information content (AvgIpc) is 2.01. The molecule has 0 aliphatic rings. The van der Waals surface area contributed by atoms with Gasteiger partial charge in [0.15, 0.2) is 0 Å². The minimum Gasteiger partial charge on any atom is -0.382 e. The fraction of sp³-hybridized carbons (Fsp3) is 0.286. The van der Waals surface area contributed by atoms with Gasteiger partial charge in [0, 0.05) is 12.2 Å². The number of nitrogens with two attached hydrogens (primary N) is 1. The Morgan fingerprint density at radius 1 is 1.67 bits per heavy atom. The third kappa shape index (κ3) is 2.00. The Morgan fingerprint density at radius 2 is 2.33 bits per heavy atom. The highest BCUT2D eigenvalue weighted by Gasteiger charge is 2.03. The summed E-state index contributed by atoms with van der Waals surface area (Å²) in [5, 5.41) is 0.461. The zero-order valence-electron chi connectivity index (χ0n) is 6.56. The first kappa shape index (κ1) is 9.58. The predicted octanol–water partition coefficient (Wildman–Crippen LogP) is 1.87. The Kier molecular flexibility index (Phi) is 3.14. The van der Waals surface area contributed by atoms with Crippen molar-refractivity contribution in [2.24, 2.45) is 0 Å². The fourth-order valence-electron chi connectivity index (χ4n) is 0.888. The maximum absolute atomic E-state index is 5.76. The number of hydrogen-bond acceptors (Lipinski definition) is 3. The van der Waals surface area contributed by atoms with E-state index in [0.29, 0.717) is 17.4 Å². The highest BCUT2D eigenvalue weighted by atomic mass is 35.5. The summed E-state index contributed by atoms with van der Waals surface area (Å²) in [5.74, 6) is 0.354. The Morgan fingerprint density at radius 3 is 2.92 bits per heavy atom. The number of nitrogens with one attached hydrogen (secondary N) is 1. The number of halogens is 2. The first-order valence-electron chi connectivity index (χ1n) is 3.40. The molecule has 1 heterocycles. The van der Waals surface area contributed by atoms with E-state index in [2.05, 4.69) is 9.82 Å². The topological polar surface area (TPSA) is 50.9 Å². The zero-order chi connectivity index (χ0) is 9.14. The van der Waals surface area contributed by atoms with Gasteiger partial charge in [-0.25, -0.2) is 9.82 Å². The van der Waals surface area contributed by atoms with E-state index in [1.54, 1.807) is 6.07 Å². The van der Waals surface area contributed by atoms with Crippen molar-refractivity contribution in [3.05, 3.63) is 22.3 Å². The van der Waals surface area contributed by atoms with Gasteiger partial charge in [0.05, 0.1) is 5.02 Å². The molecule has 0 saturated heterocycles. The number of pyridine rings is 1. The molecule has 0 aliphatic carbocycles. The molecule has 5 heteroatoms. The Bertz CT molecular complexity index is 288. The van der Waals surface area contributed by atoms with E-state index in [1.165, 1.54) is 0 Å². The van der Waals surface area contributed by atoms with Gasteiger partial charge >= 0.3 is 0 Å². The second-order valence-electron chi connectivity index (χ2n) is 2.41. The molecule has 1 aromatic rings. The van der Waals surface area contributed by atoms with Gasteiger partial charge in [-0.05, 0) is 30.3 Å². The summed E-state index contributed by atoms with van der Waals surface area (Å²) in [6.07, 6.45) is 0. The van der Waals surface area contributed by atoms with E-state index in [-0.39, 0.29) is 0 Å². The Balaban J connectivity index is 3.05. The van der Waals surface area contributed by atoms with Crippen molar-refractivity contribution in [3.63, 3.8) is 0 Å². The van der Waals surface area contributed by atoms with Crippen molar-refractivity contribution < 1.29 is 0 Å². The van der Waals surface area contributed by atoms with Crippen molar-refractivity contribution in [3.8, 4) is 0 Å². The van der Waals surface area contributed by atoms with Gasteiger partial charge in [-0.1, -0.05) is 11.6 Å². The van der Waals surface area contributed by atoms with E-state index in [4.69, 9.17) is 29.1 Å². The van der Waals surface area contributed by atoms with Crippen molar-refractivity contribution in [1.82, 2.24) is 9.82 Å². The molecule has 1 aromatic heterocycles. The van der Waals surface area contributed by atoms with Crippen LogP contribution in [0.1, 0.15) is 11.3 Å². The monoisotopic (exact) mass is 205 g/mol. The van der Waals surface area contributed by atoms with Crippen LogP contribution in [0.4, 0.5) is 5.82 Å². The molecule has 66 valence electrons. The van der Waals surface area contributed by atoms with Gasteiger partial charge in [-0.15, -0.1) is 0 Å². The minimum absolute atomic E-state index is 0.354. The second kappa shape index (κ2) is 3.94. The summed E-state index contributed by atoms with van der Waals surface area (Å²) < 4.78 is 0. The molecule has 0 saturated carbocycles. The molecule has 3 nitrogen and oxygen atoms in total. The minimum atomic E-state index is 0.354. The highest BCUT2D eigenvalue weighted by Crippen LogP contribution is 2.19. The smallest absolute Gasteiger partial charge is 0.142 e. The van der Waals surface area contributed by atoms with Crippen LogP contribution < -0.4 is 10.6 Å². The van der Waals surface area contributed by atoms with Crippen LogP contribution in [-0.4, -0.2) is 4.98 Å². The molecule has 0 unspecified atom stereocenters. The molecule has 0 atom stereocenters. The number of rotatable bonds is 2. The molecule has 0 fully saturated rings. The third-order valence-electron chi connectivity index (χ3n) is 1.56. The highest BCUT2D eigenvalue weighted by molar-refractivity contribution is 6.32. The Labute approximate surface area is 81.0 Å². The third-order valence-corrected chi connectivity index (χ3v) is 1.99. The lowest BCUT2D eigenvalue weighted by Crippen LogP contribution is -2.04. The van der Waals surface area contributed by atoms with Gasteiger partial charge in [0.25, 0.3) is 0 Å². The molecule has 3 N–H and O–H groups in total. The maximum Gasteiger partial charge on any atom is 0.142 e. The molecule has 12 heavy (non-hydrogen) atoms. The Hall–Kier alpha value is -0.510. The lowest BCUT2D eigenvalue weighted by atomic mass is 10.2. The van der Waals surface area contributed by atoms with E-state index >= 15 is 0 Å². The van der Waals surface area contributed by atoms with E-state index in [0.717, 1.165) is 11.3 Å². The van der Waals surface area contributed by atoms with E-state index in [1.807, 2.05) is 6.92 Å². The van der Waals surface area contributed by atoms with Crippen molar-refractivity contribution in [2.75, 3.05) is 5.73 Å². The fourth-order valence-corrected chi connectivity index (χ4v) is 1.21. The van der Waals surface area contributed by atoms with E-state index < -0.39 is 0 Å². The number of aryl methyl sites for hydroxylation is 1. The van der Waals surface area contributed by atoms with Crippen LogP contribution in [0.15, 0.2) is 6.07 Å². The van der Waals surface area contributed by atoms with Crippen molar-refractivity contribution >= 4 is 29.2 Å². The number of hydrogen-bond donors (Lipinski definition) is 2. The van der Waals surface area contributed by atoms with Crippen LogP contribution in [-0.2, 0) is 6.54 Å². The van der Waals surface area contributed by atoms with Gasteiger partial charge in [-0.2, -0.15) is 0 Å². The summed E-state index contributed by atoms with van der Waals surface area (Å²) >= 11 is 11.1. The second-order valence-corrected chi connectivity index (χ2v) is 3.08. The van der Waals surface area contributed by atoms with Gasteiger partial charge in [0.1, 0.15) is 5.82 Å². The molecule has 0 aromatic carbocycles. The lowest BCUT2D eigenvalue weighted by molar-refractivity contribution is 0.932. The average molecular weight is 206 g/mol. The van der Waals surface area contributed by atoms with Crippen molar-refractivity contribution in [1.29, 1.82) is 0 Å². The summed E-state index contributed by atoms with van der Waals surface area (Å²) in [6.45, 7) is 2.39. The predicted molar refractivity (Wildman–Crippen MR) is 51.1 cm³/mol. The van der Waals surface area contributed by atoms with Gasteiger partial charge < -0.3 is 5.73 Å². The van der Waals surface area contributed by atoms with Gasteiger partial charge in [-0.3, -0.25) is 0 Å². The lowest BCUT2D eigenvalue weighted by Gasteiger charge is -2.05. The number of nitrogens with zero attached hydrogens (tertiary/aromatic N) is 1. The van der Waals surface area contributed by atoms with Crippen LogP contribution in [0.2, 0.25) is 5.02 Å². The summed E-state index contributed by atoms with van der Waals surface area (Å²) in [7, 11) is 0. The number of nitrogen functional groups attached to an aromatic ring is 1. The molecule has 0 amide bonds. The zero-order valence-corrected chi connectivity index (χ0v) is 8.08. The van der Waals surface area contributed by atoms with E-state index in [9.17, 15) is 0 Å². The number of aromatic nitrogens is 1. The molecule has 0 bridgehead atoms. The SMILES string of the molecule is Cc1nc(N)c(Cl)cc1CNCl. The number of anilines is 1. The van der Waals surface area contributed by atoms with Crippen LogP contribution in [0.25, 0.3) is 0 Å². The maximum atomic E-state index is 5.76. The largest absolute Gasteiger partial charge is 0.382 e. The molecule has 1 rings (SSSR count). The molecule has 0 spiro atoms. The first-order chi connectivity index (χ1) is 5.65. The van der Waals surface area contributed by atoms with Crippen molar-refractivity contribution in [2.45, 2.75) is 13.5 Å².